The fourth-order valence-corrected chi connectivity index (χ4v) is 4.61. The molecule has 0 saturated carbocycles. The van der Waals surface area contributed by atoms with Gasteiger partial charge < -0.3 is 0 Å². The smallest absolute Gasteiger partial charge is 0.0480 e. The van der Waals surface area contributed by atoms with Gasteiger partial charge in [0.1, 0.15) is 0 Å². The molecule has 0 aliphatic heterocycles. The summed E-state index contributed by atoms with van der Waals surface area (Å²) in [5.41, 5.74) is 5.14. The summed E-state index contributed by atoms with van der Waals surface area (Å²) >= 11 is 13.4. The third-order valence-corrected chi connectivity index (χ3v) is 5.14. The van der Waals surface area contributed by atoms with E-state index in [0.717, 1.165) is 0 Å². The summed E-state index contributed by atoms with van der Waals surface area (Å²) in [5.74, 6) is 0.555. The number of hydrogen-bond acceptors (Lipinski definition) is 0. The molecule has 90 valence electrons. The van der Waals surface area contributed by atoms with Gasteiger partial charge in [-0.15, -0.1) is 11.6 Å². The largest absolute Gasteiger partial charge is 0.122 e. The third kappa shape index (κ3) is 2.49. The van der Waals surface area contributed by atoms with Crippen LogP contribution in [0.25, 0.3) is 0 Å². The highest BCUT2D eigenvalue weighted by molar-refractivity contribution is 9.11. The van der Waals surface area contributed by atoms with Gasteiger partial charge in [0.2, 0.25) is 0 Å². The molecule has 1 rings (SSSR count). The molecule has 0 aromatic heterocycles. The summed E-state index contributed by atoms with van der Waals surface area (Å²) in [6.45, 7) is 10.9. The van der Waals surface area contributed by atoms with Gasteiger partial charge in [-0.05, 0) is 41.5 Å². The van der Waals surface area contributed by atoms with Crippen molar-refractivity contribution >= 4 is 43.5 Å². The van der Waals surface area contributed by atoms with Crippen molar-refractivity contribution in [3.05, 3.63) is 31.2 Å². The van der Waals surface area contributed by atoms with Gasteiger partial charge in [0, 0.05) is 14.8 Å². The molecule has 3 heteroatoms. The SMILES string of the molecule is Cc1c(Br)c(C(C)(C)C)c(Br)c(C)c1CCl. The second-order valence-corrected chi connectivity index (χ2v) is 6.97. The highest BCUT2D eigenvalue weighted by Gasteiger charge is 2.24. The van der Waals surface area contributed by atoms with E-state index in [4.69, 9.17) is 11.6 Å². The van der Waals surface area contributed by atoms with Crippen molar-refractivity contribution in [2.24, 2.45) is 0 Å². The van der Waals surface area contributed by atoms with E-state index < -0.39 is 0 Å². The molecule has 16 heavy (non-hydrogen) atoms. The van der Waals surface area contributed by atoms with Crippen molar-refractivity contribution in [1.29, 1.82) is 0 Å². The zero-order valence-corrected chi connectivity index (χ0v) is 14.3. The van der Waals surface area contributed by atoms with E-state index in [2.05, 4.69) is 66.5 Å². The molecule has 0 N–H and O–H groups in total. The summed E-state index contributed by atoms with van der Waals surface area (Å²) < 4.78 is 2.35. The number of alkyl halides is 1. The fourth-order valence-electron chi connectivity index (χ4n) is 1.88. The van der Waals surface area contributed by atoms with Crippen molar-refractivity contribution in [1.82, 2.24) is 0 Å². The minimum Gasteiger partial charge on any atom is -0.122 e. The quantitative estimate of drug-likeness (QED) is 0.544. The second kappa shape index (κ2) is 4.99. The molecule has 0 bridgehead atoms. The molecule has 0 nitrogen and oxygen atoms in total. The van der Waals surface area contributed by atoms with Gasteiger partial charge in [0.15, 0.2) is 0 Å². The lowest BCUT2D eigenvalue weighted by Crippen LogP contribution is -2.15. The van der Waals surface area contributed by atoms with Gasteiger partial charge in [-0.1, -0.05) is 52.6 Å². The Kier molecular flexibility index (Phi) is 4.53. The molecule has 0 amide bonds. The van der Waals surface area contributed by atoms with Gasteiger partial charge in [-0.2, -0.15) is 0 Å². The second-order valence-electron chi connectivity index (χ2n) is 5.12. The number of hydrogen-bond donors (Lipinski definition) is 0. The van der Waals surface area contributed by atoms with E-state index in [1.165, 1.54) is 31.2 Å². The summed E-state index contributed by atoms with van der Waals surface area (Å²) in [4.78, 5) is 0. The molecule has 0 aliphatic rings. The molecule has 0 unspecified atom stereocenters. The van der Waals surface area contributed by atoms with Crippen LogP contribution in [0.3, 0.4) is 0 Å². The lowest BCUT2D eigenvalue weighted by molar-refractivity contribution is 0.582. The minimum atomic E-state index is 0.109. The lowest BCUT2D eigenvalue weighted by Gasteiger charge is -2.26. The van der Waals surface area contributed by atoms with Crippen LogP contribution in [0, 0.1) is 13.8 Å². The maximum Gasteiger partial charge on any atom is 0.0480 e. The average Bonchev–Trinajstić information content (AvgIpc) is 2.14. The molecule has 1 aromatic carbocycles. The van der Waals surface area contributed by atoms with Crippen LogP contribution in [-0.2, 0) is 11.3 Å². The molecular weight excluding hydrogens is 351 g/mol. The van der Waals surface area contributed by atoms with Crippen molar-refractivity contribution in [2.75, 3.05) is 0 Å². The topological polar surface area (TPSA) is 0 Å². The maximum atomic E-state index is 6.01. The van der Waals surface area contributed by atoms with Crippen molar-refractivity contribution in [3.63, 3.8) is 0 Å². The molecule has 0 aliphatic carbocycles. The molecule has 0 heterocycles. The van der Waals surface area contributed by atoms with Crippen LogP contribution in [0.5, 0.6) is 0 Å². The zero-order chi connectivity index (χ0) is 12.7. The summed E-state index contributed by atoms with van der Waals surface area (Å²) in [7, 11) is 0. The molecular formula is C13H17Br2Cl. The summed E-state index contributed by atoms with van der Waals surface area (Å²) in [6, 6.07) is 0. The average molecular weight is 369 g/mol. The number of rotatable bonds is 1. The van der Waals surface area contributed by atoms with E-state index in [1.54, 1.807) is 0 Å². The van der Waals surface area contributed by atoms with Gasteiger partial charge in [0.05, 0.1) is 0 Å². The van der Waals surface area contributed by atoms with E-state index in [0.29, 0.717) is 5.88 Å². The van der Waals surface area contributed by atoms with E-state index in [-0.39, 0.29) is 5.41 Å². The van der Waals surface area contributed by atoms with Crippen LogP contribution in [0.2, 0.25) is 0 Å². The summed E-state index contributed by atoms with van der Waals surface area (Å²) in [5, 5.41) is 0. The molecule has 0 spiro atoms. The Labute approximate surface area is 120 Å². The first-order valence-corrected chi connectivity index (χ1v) is 7.37. The van der Waals surface area contributed by atoms with Gasteiger partial charge in [0.25, 0.3) is 0 Å². The first-order valence-electron chi connectivity index (χ1n) is 5.25. The van der Waals surface area contributed by atoms with Crippen LogP contribution in [0.4, 0.5) is 0 Å². The standard InChI is InChI=1S/C13H17Br2Cl/c1-7-9(6-16)8(2)12(15)10(11(7)14)13(3,4)5/h6H2,1-5H3. The van der Waals surface area contributed by atoms with Crippen LogP contribution in [0.1, 0.15) is 43.0 Å². The van der Waals surface area contributed by atoms with Gasteiger partial charge >= 0.3 is 0 Å². The lowest BCUT2D eigenvalue weighted by atomic mass is 9.84. The van der Waals surface area contributed by atoms with Crippen LogP contribution < -0.4 is 0 Å². The molecule has 1 aromatic rings. The molecule has 0 atom stereocenters. The Bertz CT molecular complexity index is 388. The molecule has 0 fully saturated rings. The van der Waals surface area contributed by atoms with Gasteiger partial charge in [-0.25, -0.2) is 0 Å². The first-order chi connectivity index (χ1) is 7.21. The predicted octanol–water partition coefficient (Wildman–Crippen LogP) is 5.86. The Hall–Kier alpha value is 0.470. The van der Waals surface area contributed by atoms with Crippen LogP contribution in [-0.4, -0.2) is 0 Å². The van der Waals surface area contributed by atoms with Crippen LogP contribution >= 0.6 is 43.5 Å². The maximum absolute atomic E-state index is 6.01. The molecule has 0 radical (unpaired) electrons. The van der Waals surface area contributed by atoms with E-state index in [9.17, 15) is 0 Å². The van der Waals surface area contributed by atoms with Crippen molar-refractivity contribution in [3.8, 4) is 0 Å². The third-order valence-electron chi connectivity index (χ3n) is 2.89. The monoisotopic (exact) mass is 366 g/mol. The van der Waals surface area contributed by atoms with Gasteiger partial charge in [-0.3, -0.25) is 0 Å². The van der Waals surface area contributed by atoms with E-state index >= 15 is 0 Å². The Morgan fingerprint density at radius 2 is 1.38 bits per heavy atom. The normalized spacial score (nSPS) is 12.0. The Morgan fingerprint density at radius 3 is 1.62 bits per heavy atom. The minimum absolute atomic E-state index is 0.109. The predicted molar refractivity (Wildman–Crippen MR) is 79.6 cm³/mol. The highest BCUT2D eigenvalue weighted by Crippen LogP contribution is 2.41. The van der Waals surface area contributed by atoms with Crippen molar-refractivity contribution in [2.45, 2.75) is 45.9 Å². The van der Waals surface area contributed by atoms with E-state index in [1.807, 2.05) is 0 Å². The molecule has 0 saturated heterocycles. The van der Waals surface area contributed by atoms with Crippen molar-refractivity contribution < 1.29 is 0 Å². The Morgan fingerprint density at radius 1 is 1.00 bits per heavy atom. The zero-order valence-electron chi connectivity index (χ0n) is 10.3. The first kappa shape index (κ1) is 14.5. The summed E-state index contributed by atoms with van der Waals surface area (Å²) in [6.07, 6.45) is 0. The fraction of sp³-hybridized carbons (Fsp3) is 0.538. The highest BCUT2D eigenvalue weighted by atomic mass is 79.9. The Balaban J connectivity index is 3.67. The number of halogens is 3. The van der Waals surface area contributed by atoms with Crippen LogP contribution in [0.15, 0.2) is 8.95 Å². The number of benzene rings is 1.